The molecule has 3 nitrogen and oxygen atoms in total. The van der Waals surface area contributed by atoms with Gasteiger partial charge in [-0.25, -0.2) is 0 Å². The van der Waals surface area contributed by atoms with E-state index in [0.29, 0.717) is 0 Å². The van der Waals surface area contributed by atoms with Crippen LogP contribution in [0.4, 0.5) is 74.6 Å². The molecule has 0 heterocycles. The Morgan fingerprint density at radius 2 is 0.690 bits per heavy atom. The molecule has 1 N–H and O–H groups in total. The number of alkyl halides is 17. The molecule has 0 bridgehead atoms. The van der Waals surface area contributed by atoms with E-state index < -0.39 is 57.1 Å². The summed E-state index contributed by atoms with van der Waals surface area (Å²) in [5.41, 5.74) is -9.53. The van der Waals surface area contributed by atoms with Gasteiger partial charge >= 0.3 is 41.6 Å². The zero-order valence-electron chi connectivity index (χ0n) is 12.1. The zero-order valence-corrected chi connectivity index (χ0v) is 12.9. The molecule has 29 heavy (non-hydrogen) atoms. The van der Waals surface area contributed by atoms with E-state index in [1.807, 2.05) is 0 Å². The lowest BCUT2D eigenvalue weighted by atomic mass is 9.66. The Morgan fingerprint density at radius 1 is 0.448 bits per heavy atom. The summed E-state index contributed by atoms with van der Waals surface area (Å²) >= 11 is 0. The third kappa shape index (κ3) is 3.26. The molecule has 0 aliphatic carbocycles. The van der Waals surface area contributed by atoms with E-state index in [2.05, 4.69) is 0 Å². The summed E-state index contributed by atoms with van der Waals surface area (Å²) in [5, 5.41) is 0. The molecular weight excluding hydrogens is 499 g/mol. The van der Waals surface area contributed by atoms with Crippen molar-refractivity contribution < 1.29 is 87.6 Å². The van der Waals surface area contributed by atoms with Crippen molar-refractivity contribution in [3.8, 4) is 0 Å². The number of hydrogen-bond acceptors (Lipinski definition) is 2. The summed E-state index contributed by atoms with van der Waals surface area (Å²) in [6, 6.07) is 0. The lowest BCUT2D eigenvalue weighted by Gasteiger charge is -2.52. The first-order valence-electron chi connectivity index (χ1n) is 5.68. The highest BCUT2D eigenvalue weighted by Gasteiger charge is 3.06. The van der Waals surface area contributed by atoms with Crippen molar-refractivity contribution in [3.05, 3.63) is 0 Å². The second-order valence-electron chi connectivity index (χ2n) is 4.97. The second-order valence-corrected chi connectivity index (χ2v) is 6.53. The molecule has 0 atom stereocenters. The minimum absolute atomic E-state index is 8.12. The van der Waals surface area contributed by atoms with Crippen molar-refractivity contribution in [1.29, 1.82) is 0 Å². The normalized spacial score (nSPS) is 16.9. The summed E-state index contributed by atoms with van der Waals surface area (Å²) in [6.07, 6.45) is -44.0. The highest BCUT2D eigenvalue weighted by atomic mass is 32.2. The van der Waals surface area contributed by atoms with Crippen molar-refractivity contribution in [3.63, 3.8) is 0 Å². The van der Waals surface area contributed by atoms with Crippen LogP contribution in [0.15, 0.2) is 0 Å². The van der Waals surface area contributed by atoms with E-state index in [4.69, 9.17) is 4.55 Å². The molecule has 0 spiro atoms. The molecular formula is C8HF17O3S. The monoisotopic (exact) mass is 500 g/mol. The van der Waals surface area contributed by atoms with Gasteiger partial charge in [-0.05, 0) is 0 Å². The Hall–Kier alpha value is -1.28. The van der Waals surface area contributed by atoms with Gasteiger partial charge < -0.3 is 0 Å². The minimum Gasteiger partial charge on any atom is -0.285 e. The fourth-order valence-electron chi connectivity index (χ4n) is 2.42. The molecule has 0 fully saturated rings. The maximum Gasteiger partial charge on any atom is 0.454 e. The quantitative estimate of drug-likeness (QED) is 0.437. The molecule has 0 aromatic heterocycles. The fraction of sp³-hybridized carbons (Fsp3) is 1.00. The van der Waals surface area contributed by atoms with E-state index in [1.54, 1.807) is 0 Å². The van der Waals surface area contributed by atoms with E-state index >= 15 is 0 Å². The van der Waals surface area contributed by atoms with Gasteiger partial charge in [-0.1, -0.05) is 0 Å². The highest BCUT2D eigenvalue weighted by molar-refractivity contribution is 7.87. The van der Waals surface area contributed by atoms with Gasteiger partial charge in [-0.3, -0.25) is 4.55 Å². The molecule has 176 valence electrons. The Bertz CT molecular complexity index is 686. The third-order valence-electron chi connectivity index (χ3n) is 3.39. The lowest BCUT2D eigenvalue weighted by molar-refractivity contribution is -0.491. The van der Waals surface area contributed by atoms with Crippen LogP contribution >= 0.6 is 0 Å². The molecule has 0 radical (unpaired) electrons. The van der Waals surface area contributed by atoms with Gasteiger partial charge in [0.15, 0.2) is 0 Å². The first-order chi connectivity index (χ1) is 12.0. The average molecular weight is 500 g/mol. The predicted molar refractivity (Wildman–Crippen MR) is 51.9 cm³/mol. The van der Waals surface area contributed by atoms with Gasteiger partial charge in [0.25, 0.3) is 15.5 Å². The standard InChI is InChI=1S/C8HF17O3S/c9-3(10,8(23,24)25)1(4(11,12)13,5(14,15)16)2(6(17,18)19,7(20,21)22)29(26,27)28/h(H,26,27,28). The highest BCUT2D eigenvalue weighted by Crippen LogP contribution is 2.74. The summed E-state index contributed by atoms with van der Waals surface area (Å²) < 4.78 is 239. The Labute approximate surface area is 146 Å². The molecule has 0 amide bonds. The van der Waals surface area contributed by atoms with Gasteiger partial charge in [-0.2, -0.15) is 83.1 Å². The van der Waals surface area contributed by atoms with Crippen molar-refractivity contribution in [2.24, 2.45) is 5.41 Å². The molecule has 0 aromatic rings. The van der Waals surface area contributed by atoms with Crippen LogP contribution in [-0.2, 0) is 10.1 Å². The molecule has 0 saturated carbocycles. The van der Waals surface area contributed by atoms with Gasteiger partial charge in [0.2, 0.25) is 0 Å². The van der Waals surface area contributed by atoms with Crippen molar-refractivity contribution in [1.82, 2.24) is 0 Å². The van der Waals surface area contributed by atoms with Gasteiger partial charge in [0.1, 0.15) is 0 Å². The summed E-state index contributed by atoms with van der Waals surface area (Å²) in [5.74, 6) is -9.16. The number of rotatable bonds is 3. The SMILES string of the molecule is O=S(=O)(O)C(C(F)(F)F)(C(F)(F)F)C(C(F)(F)F)(C(F)(F)F)C(F)(F)C(F)(F)F. The predicted octanol–water partition coefficient (Wildman–Crippen LogP) is 5.05. The maximum absolute atomic E-state index is 13.4. The maximum atomic E-state index is 13.4. The van der Waals surface area contributed by atoms with E-state index in [0.717, 1.165) is 0 Å². The zero-order chi connectivity index (χ0) is 24.5. The topological polar surface area (TPSA) is 54.4 Å². The molecule has 0 saturated heterocycles. The van der Waals surface area contributed by atoms with Crippen LogP contribution in [0.5, 0.6) is 0 Å². The third-order valence-corrected chi connectivity index (χ3v) is 4.93. The van der Waals surface area contributed by atoms with Crippen LogP contribution in [0.2, 0.25) is 0 Å². The van der Waals surface area contributed by atoms with Crippen LogP contribution in [0.1, 0.15) is 0 Å². The Balaban J connectivity index is 8.71. The fourth-order valence-corrected chi connectivity index (χ4v) is 3.75. The van der Waals surface area contributed by atoms with Gasteiger partial charge in [0, 0.05) is 0 Å². The average Bonchev–Trinajstić information content (AvgIpc) is 2.24. The summed E-state index contributed by atoms with van der Waals surface area (Å²) in [7, 11) is -9.18. The van der Waals surface area contributed by atoms with E-state index in [-0.39, 0.29) is 0 Å². The Kier molecular flexibility index (Phi) is 6.08. The van der Waals surface area contributed by atoms with E-state index in [1.165, 1.54) is 0 Å². The molecule has 0 aliphatic rings. The number of hydrogen-bond donors (Lipinski definition) is 1. The Morgan fingerprint density at radius 3 is 0.793 bits per heavy atom. The molecule has 0 aliphatic heterocycles. The molecule has 0 aromatic carbocycles. The van der Waals surface area contributed by atoms with Crippen LogP contribution in [-0.4, -0.2) is 54.5 Å². The molecule has 0 unspecified atom stereocenters. The number of halogens is 17. The summed E-state index contributed by atoms with van der Waals surface area (Å²) in [4.78, 5) is 0. The largest absolute Gasteiger partial charge is 0.454 e. The van der Waals surface area contributed by atoms with Crippen LogP contribution in [0.3, 0.4) is 0 Å². The summed E-state index contributed by atoms with van der Waals surface area (Å²) in [6.45, 7) is 0. The minimum atomic E-state index is -9.53. The van der Waals surface area contributed by atoms with Gasteiger partial charge in [-0.15, -0.1) is 0 Å². The van der Waals surface area contributed by atoms with Gasteiger partial charge in [0.05, 0.1) is 0 Å². The smallest absolute Gasteiger partial charge is 0.285 e. The van der Waals surface area contributed by atoms with Crippen molar-refractivity contribution in [2.75, 3.05) is 0 Å². The molecule has 21 heteroatoms. The first kappa shape index (κ1) is 27.7. The second kappa shape index (κ2) is 6.36. The lowest BCUT2D eigenvalue weighted by Crippen LogP contribution is -2.85. The van der Waals surface area contributed by atoms with Crippen molar-refractivity contribution in [2.45, 2.75) is 41.6 Å². The van der Waals surface area contributed by atoms with Crippen LogP contribution in [0, 0.1) is 5.41 Å². The first-order valence-corrected chi connectivity index (χ1v) is 7.12. The van der Waals surface area contributed by atoms with E-state index in [9.17, 15) is 83.1 Å². The van der Waals surface area contributed by atoms with Crippen molar-refractivity contribution >= 4 is 10.1 Å². The molecule has 0 rings (SSSR count). The van der Waals surface area contributed by atoms with Crippen LogP contribution in [0.25, 0.3) is 0 Å². The van der Waals surface area contributed by atoms with Crippen LogP contribution < -0.4 is 0 Å².